The second-order valence-electron chi connectivity index (χ2n) is 6.13. The molecule has 2 aliphatic rings. The Morgan fingerprint density at radius 3 is 2.92 bits per heavy atom. The van der Waals surface area contributed by atoms with E-state index in [9.17, 15) is 9.90 Å². The van der Waals surface area contributed by atoms with Gasteiger partial charge in [-0.05, 0) is 18.4 Å². The summed E-state index contributed by atoms with van der Waals surface area (Å²) in [4.78, 5) is 12.2. The molecule has 2 saturated heterocycles. The van der Waals surface area contributed by atoms with Gasteiger partial charge in [0.15, 0.2) is 6.29 Å². The number of nitrogens with one attached hydrogen (secondary N) is 1. The van der Waals surface area contributed by atoms with Crippen LogP contribution in [0.5, 0.6) is 0 Å². The van der Waals surface area contributed by atoms with Gasteiger partial charge >= 0.3 is 6.09 Å². The number of amides is 1. The summed E-state index contributed by atoms with van der Waals surface area (Å²) in [5.41, 5.74) is 1.00. The highest BCUT2D eigenvalue weighted by Crippen LogP contribution is 2.32. The Hall–Kier alpha value is -1.34. The summed E-state index contributed by atoms with van der Waals surface area (Å²) in [7, 11) is 0. The minimum absolute atomic E-state index is 0.0306. The molecule has 1 amide bonds. The van der Waals surface area contributed by atoms with Crippen molar-refractivity contribution in [3.05, 3.63) is 35.9 Å². The molecule has 0 spiro atoms. The van der Waals surface area contributed by atoms with E-state index in [2.05, 4.69) is 5.32 Å². The summed E-state index contributed by atoms with van der Waals surface area (Å²) in [6.07, 6.45) is -0.719. The monoisotopic (exact) mass is 355 g/mol. The number of hydrogen-bond donors (Lipinski definition) is 2. The third-order valence-corrected chi connectivity index (χ3v) is 4.78. The molecule has 0 aromatic heterocycles. The Balaban J connectivity index is 1.56. The minimum Gasteiger partial charge on any atom is -0.443 e. The van der Waals surface area contributed by atoms with Gasteiger partial charge in [0.05, 0.1) is 37.2 Å². The molecule has 2 unspecified atom stereocenters. The Labute approximate surface area is 146 Å². The van der Waals surface area contributed by atoms with Gasteiger partial charge in [-0.2, -0.15) is 0 Å². The molecule has 2 aliphatic heterocycles. The van der Waals surface area contributed by atoms with Gasteiger partial charge in [-0.15, -0.1) is 11.6 Å². The topological polar surface area (TPSA) is 77.0 Å². The van der Waals surface area contributed by atoms with Crippen LogP contribution < -0.4 is 5.32 Å². The third-order valence-electron chi connectivity index (χ3n) is 4.47. The molecule has 6 nitrogen and oxygen atoms in total. The number of aliphatic hydroxyl groups is 1. The summed E-state index contributed by atoms with van der Waals surface area (Å²) in [5.74, 6) is 0.115. The van der Waals surface area contributed by atoms with Gasteiger partial charge in [-0.25, -0.2) is 4.79 Å². The molecule has 24 heavy (non-hydrogen) atoms. The number of alkyl carbamates (subject to hydrolysis) is 1. The van der Waals surface area contributed by atoms with E-state index in [4.69, 9.17) is 25.8 Å². The van der Waals surface area contributed by atoms with Crippen molar-refractivity contribution in [2.75, 3.05) is 19.1 Å². The van der Waals surface area contributed by atoms with Crippen molar-refractivity contribution in [1.29, 1.82) is 0 Å². The van der Waals surface area contributed by atoms with E-state index < -0.39 is 18.2 Å². The maximum atomic E-state index is 12.2. The predicted molar refractivity (Wildman–Crippen MR) is 87.9 cm³/mol. The average molecular weight is 356 g/mol. The number of alkyl halides is 1. The van der Waals surface area contributed by atoms with Crippen LogP contribution in [0.1, 0.15) is 12.0 Å². The van der Waals surface area contributed by atoms with Crippen molar-refractivity contribution in [3.8, 4) is 0 Å². The van der Waals surface area contributed by atoms with E-state index >= 15 is 0 Å². The van der Waals surface area contributed by atoms with E-state index in [1.54, 1.807) is 0 Å². The van der Waals surface area contributed by atoms with Crippen LogP contribution in [0.25, 0.3) is 0 Å². The lowest BCUT2D eigenvalue weighted by Gasteiger charge is -2.24. The van der Waals surface area contributed by atoms with Gasteiger partial charge in [0, 0.05) is 0 Å². The molecule has 2 N–H and O–H groups in total. The first kappa shape index (κ1) is 17.5. The molecule has 5 atom stereocenters. The lowest BCUT2D eigenvalue weighted by Crippen LogP contribution is -2.47. The van der Waals surface area contributed by atoms with Crippen molar-refractivity contribution < 1.29 is 24.1 Å². The Bertz CT molecular complexity index is 543. The van der Waals surface area contributed by atoms with E-state index in [0.29, 0.717) is 19.6 Å². The first-order valence-electron chi connectivity index (χ1n) is 8.15. The molecule has 1 aromatic carbocycles. The number of aliphatic hydroxyl groups excluding tert-OH is 1. The van der Waals surface area contributed by atoms with Crippen molar-refractivity contribution in [3.63, 3.8) is 0 Å². The van der Waals surface area contributed by atoms with Gasteiger partial charge in [0.2, 0.25) is 0 Å². The van der Waals surface area contributed by atoms with Crippen LogP contribution in [0.3, 0.4) is 0 Å². The molecule has 2 heterocycles. The summed E-state index contributed by atoms with van der Waals surface area (Å²) in [6, 6.07) is 9.09. The van der Waals surface area contributed by atoms with Crippen LogP contribution in [0.15, 0.2) is 30.3 Å². The lowest BCUT2D eigenvalue weighted by molar-refractivity contribution is -0.0907. The fraction of sp³-hybridized carbons (Fsp3) is 0.588. The van der Waals surface area contributed by atoms with E-state index in [1.165, 1.54) is 0 Å². The zero-order chi connectivity index (χ0) is 16.9. The molecule has 0 aliphatic carbocycles. The quantitative estimate of drug-likeness (QED) is 0.759. The molecule has 3 rings (SSSR count). The highest BCUT2D eigenvalue weighted by atomic mass is 35.5. The Morgan fingerprint density at radius 2 is 2.17 bits per heavy atom. The smallest absolute Gasteiger partial charge is 0.407 e. The highest BCUT2D eigenvalue weighted by molar-refractivity contribution is 6.18. The summed E-state index contributed by atoms with van der Waals surface area (Å²) in [6.45, 7) is 0.961. The highest BCUT2D eigenvalue weighted by Gasteiger charge is 2.44. The number of rotatable bonds is 6. The minimum atomic E-state index is -0.859. The van der Waals surface area contributed by atoms with Crippen molar-refractivity contribution in [1.82, 2.24) is 5.32 Å². The molecule has 0 radical (unpaired) electrons. The lowest BCUT2D eigenvalue weighted by atomic mass is 10.0. The Kier molecular flexibility index (Phi) is 5.94. The normalized spacial score (nSPS) is 28.2. The van der Waals surface area contributed by atoms with Gasteiger partial charge in [-0.1, -0.05) is 30.3 Å². The largest absolute Gasteiger partial charge is 0.443 e. The van der Waals surface area contributed by atoms with Crippen LogP contribution >= 0.6 is 11.6 Å². The second kappa shape index (κ2) is 8.16. The number of ether oxygens (including phenoxy) is 3. The molecule has 0 bridgehead atoms. The van der Waals surface area contributed by atoms with Gasteiger partial charge < -0.3 is 24.6 Å². The van der Waals surface area contributed by atoms with Crippen LogP contribution in [-0.2, 0) is 20.6 Å². The number of hydrogen-bond acceptors (Lipinski definition) is 5. The summed E-state index contributed by atoms with van der Waals surface area (Å²) in [5, 5.41) is 12.8. The molecular formula is C17H22ClNO5. The van der Waals surface area contributed by atoms with Crippen LogP contribution in [0.4, 0.5) is 4.79 Å². The van der Waals surface area contributed by atoms with Crippen molar-refractivity contribution in [2.24, 2.45) is 5.92 Å². The fourth-order valence-corrected chi connectivity index (χ4v) is 3.34. The fourth-order valence-electron chi connectivity index (χ4n) is 3.13. The zero-order valence-electron chi connectivity index (χ0n) is 13.3. The van der Waals surface area contributed by atoms with E-state index in [1.807, 2.05) is 30.3 Å². The zero-order valence-corrected chi connectivity index (χ0v) is 14.0. The van der Waals surface area contributed by atoms with Crippen LogP contribution in [0.2, 0.25) is 0 Å². The van der Waals surface area contributed by atoms with Gasteiger partial charge in [0.25, 0.3) is 0 Å². The predicted octanol–water partition coefficient (Wildman–Crippen LogP) is 1.69. The van der Waals surface area contributed by atoms with E-state index in [-0.39, 0.29) is 24.2 Å². The molecule has 2 fully saturated rings. The first-order chi connectivity index (χ1) is 11.7. The molecular weight excluding hydrogens is 334 g/mol. The first-order valence-corrected chi connectivity index (χ1v) is 8.69. The number of carbonyl (C=O) groups excluding carboxylic acids is 1. The number of carbonyl (C=O) groups is 1. The molecule has 1 aromatic rings. The number of halogens is 1. The van der Waals surface area contributed by atoms with Gasteiger partial charge in [0.1, 0.15) is 6.10 Å². The third kappa shape index (κ3) is 4.19. The second-order valence-corrected chi connectivity index (χ2v) is 6.44. The van der Waals surface area contributed by atoms with E-state index in [0.717, 1.165) is 12.0 Å². The molecule has 0 saturated carbocycles. The number of benzene rings is 1. The maximum Gasteiger partial charge on any atom is 0.407 e. The SMILES string of the molecule is O=C(N[C@@H](Cc1ccccc1)[C@H](O)CCl)OC1CO[C@H]2OCCC12. The standard InChI is InChI=1S/C17H22ClNO5/c18-9-14(20)13(8-11-4-2-1-3-5-11)19-17(21)24-15-10-23-16-12(15)6-7-22-16/h1-5,12-16,20H,6-10H2,(H,19,21)/t12?,13-,14+,15?,16+/m0/s1. The maximum absolute atomic E-state index is 12.2. The summed E-state index contributed by atoms with van der Waals surface area (Å²) < 4.78 is 16.4. The number of fused-ring (bicyclic) bond motifs is 1. The van der Waals surface area contributed by atoms with Gasteiger partial charge in [-0.3, -0.25) is 0 Å². The van der Waals surface area contributed by atoms with Crippen molar-refractivity contribution in [2.45, 2.75) is 37.4 Å². The van der Waals surface area contributed by atoms with Crippen LogP contribution in [0, 0.1) is 5.92 Å². The molecule has 132 valence electrons. The Morgan fingerprint density at radius 1 is 1.38 bits per heavy atom. The average Bonchev–Trinajstić information content (AvgIpc) is 3.19. The van der Waals surface area contributed by atoms with Crippen LogP contribution in [-0.4, -0.2) is 54.8 Å². The summed E-state index contributed by atoms with van der Waals surface area (Å²) >= 11 is 5.76. The van der Waals surface area contributed by atoms with Crippen molar-refractivity contribution >= 4 is 17.7 Å². The molecule has 7 heteroatoms.